The maximum Gasteiger partial charge on any atom is 0.374 e. The first-order chi connectivity index (χ1) is 13.5. The quantitative estimate of drug-likeness (QED) is 0.476. The first-order valence-electron chi connectivity index (χ1n) is 8.00. The summed E-state index contributed by atoms with van der Waals surface area (Å²) in [5.74, 6) is -0.657. The number of halogens is 1. The summed E-state index contributed by atoms with van der Waals surface area (Å²) in [6.45, 7) is 1.77. The van der Waals surface area contributed by atoms with Crippen molar-refractivity contribution in [1.82, 2.24) is 15.4 Å². The Hall–Kier alpha value is -3.72. The Labute approximate surface area is 164 Å². The van der Waals surface area contributed by atoms with Crippen molar-refractivity contribution in [3.8, 4) is 11.6 Å². The van der Waals surface area contributed by atoms with Crippen LogP contribution < -0.4 is 15.6 Å². The van der Waals surface area contributed by atoms with E-state index in [-0.39, 0.29) is 11.7 Å². The van der Waals surface area contributed by atoms with Gasteiger partial charge in [0.2, 0.25) is 5.82 Å². The van der Waals surface area contributed by atoms with Crippen molar-refractivity contribution in [3.05, 3.63) is 81.1 Å². The van der Waals surface area contributed by atoms with E-state index >= 15 is 0 Å². The van der Waals surface area contributed by atoms with E-state index < -0.39 is 16.5 Å². The Kier molecular flexibility index (Phi) is 5.66. The molecule has 9 nitrogen and oxygen atoms in total. The van der Waals surface area contributed by atoms with Crippen LogP contribution in [0.5, 0.6) is 11.6 Å². The summed E-state index contributed by atoms with van der Waals surface area (Å²) in [6.07, 6.45) is 1.09. The average molecular weight is 400 g/mol. The molecular weight excluding hydrogens is 386 g/mol. The molecule has 0 bridgehead atoms. The molecule has 1 heterocycles. The number of hydrogen-bond acceptors (Lipinski definition) is 7. The molecule has 0 spiro atoms. The topological polar surface area (TPSA) is 119 Å². The van der Waals surface area contributed by atoms with Crippen LogP contribution in [0.1, 0.15) is 15.9 Å². The third-order valence-corrected chi connectivity index (χ3v) is 4.07. The fourth-order valence-corrected chi connectivity index (χ4v) is 2.38. The predicted octanol–water partition coefficient (Wildman–Crippen LogP) is 3.90. The Bertz CT molecular complexity index is 1030. The van der Waals surface area contributed by atoms with Gasteiger partial charge in [0, 0.05) is 10.6 Å². The number of nitrogens with zero attached hydrogens (tertiary/aromatic N) is 3. The van der Waals surface area contributed by atoms with Gasteiger partial charge >= 0.3 is 11.6 Å². The van der Waals surface area contributed by atoms with Gasteiger partial charge in [0.1, 0.15) is 12.1 Å². The minimum atomic E-state index is -0.699. The number of carbonyl (C=O) groups is 1. The van der Waals surface area contributed by atoms with Crippen molar-refractivity contribution in [2.24, 2.45) is 0 Å². The molecule has 0 aliphatic rings. The number of aryl methyl sites for hydroxylation is 1. The number of ether oxygens (including phenoxy) is 1. The molecule has 142 valence electrons. The zero-order valence-corrected chi connectivity index (χ0v) is 15.3. The maximum absolute atomic E-state index is 12.1. The van der Waals surface area contributed by atoms with Crippen LogP contribution in [-0.4, -0.2) is 20.8 Å². The number of anilines is 1. The molecule has 0 fully saturated rings. The van der Waals surface area contributed by atoms with Crippen LogP contribution in [-0.2, 0) is 0 Å². The summed E-state index contributed by atoms with van der Waals surface area (Å²) < 4.78 is 5.53. The fourth-order valence-electron chi connectivity index (χ4n) is 2.26. The summed E-state index contributed by atoms with van der Waals surface area (Å²) in [4.78, 5) is 30.6. The largest absolute Gasteiger partial charge is 0.434 e. The van der Waals surface area contributed by atoms with E-state index in [1.807, 2.05) is 0 Å². The number of hydrazine groups is 1. The number of nitrogens with one attached hydrogen (secondary N) is 2. The number of nitro groups is 1. The molecule has 28 heavy (non-hydrogen) atoms. The lowest BCUT2D eigenvalue weighted by Crippen LogP contribution is -2.30. The second kappa shape index (κ2) is 8.31. The number of hydrogen-bond donors (Lipinski definition) is 2. The van der Waals surface area contributed by atoms with E-state index in [1.54, 1.807) is 55.5 Å². The lowest BCUT2D eigenvalue weighted by atomic mass is 10.2. The minimum absolute atomic E-state index is 0.218. The van der Waals surface area contributed by atoms with E-state index in [0.717, 1.165) is 11.9 Å². The van der Waals surface area contributed by atoms with Gasteiger partial charge in [-0.15, -0.1) is 0 Å². The first kappa shape index (κ1) is 19.1. The molecular formula is C18H14ClN5O4. The van der Waals surface area contributed by atoms with Gasteiger partial charge in [-0.3, -0.25) is 25.8 Å². The Morgan fingerprint density at radius 3 is 2.61 bits per heavy atom. The SMILES string of the molecule is Cc1cc(Oc2ncnc(NNC(=O)c3ccccc3)c2[N+](=O)[O-])ccc1Cl. The number of carbonyl (C=O) groups excluding carboxylic acids is 1. The highest BCUT2D eigenvalue weighted by Gasteiger charge is 2.25. The van der Waals surface area contributed by atoms with E-state index in [4.69, 9.17) is 16.3 Å². The highest BCUT2D eigenvalue weighted by atomic mass is 35.5. The highest BCUT2D eigenvalue weighted by Crippen LogP contribution is 2.34. The van der Waals surface area contributed by atoms with Gasteiger partial charge in [-0.2, -0.15) is 4.98 Å². The van der Waals surface area contributed by atoms with E-state index in [9.17, 15) is 14.9 Å². The van der Waals surface area contributed by atoms with Crippen LogP contribution in [0.2, 0.25) is 5.02 Å². The molecule has 2 N–H and O–H groups in total. The van der Waals surface area contributed by atoms with Crippen molar-refractivity contribution >= 4 is 29.0 Å². The minimum Gasteiger partial charge on any atom is -0.434 e. The summed E-state index contributed by atoms with van der Waals surface area (Å²) in [7, 11) is 0. The van der Waals surface area contributed by atoms with Crippen LogP contribution in [0.3, 0.4) is 0 Å². The number of amides is 1. The molecule has 1 amide bonds. The third-order valence-electron chi connectivity index (χ3n) is 3.65. The van der Waals surface area contributed by atoms with Crippen LogP contribution in [0, 0.1) is 17.0 Å². The fraction of sp³-hybridized carbons (Fsp3) is 0.0556. The molecule has 0 radical (unpaired) electrons. The molecule has 1 aromatic heterocycles. The van der Waals surface area contributed by atoms with E-state index in [0.29, 0.717) is 16.3 Å². The summed E-state index contributed by atoms with van der Waals surface area (Å²) >= 11 is 5.97. The molecule has 3 aromatic rings. The van der Waals surface area contributed by atoms with Crippen molar-refractivity contribution in [2.75, 3.05) is 5.43 Å². The van der Waals surface area contributed by atoms with Gasteiger partial charge in [-0.25, -0.2) is 4.98 Å². The van der Waals surface area contributed by atoms with Gasteiger partial charge in [-0.05, 0) is 42.8 Å². The van der Waals surface area contributed by atoms with Crippen molar-refractivity contribution in [2.45, 2.75) is 6.92 Å². The second-order valence-electron chi connectivity index (χ2n) is 5.59. The molecule has 10 heteroatoms. The normalized spacial score (nSPS) is 10.2. The summed E-state index contributed by atoms with van der Waals surface area (Å²) in [5.41, 5.74) is 5.40. The Morgan fingerprint density at radius 1 is 1.18 bits per heavy atom. The van der Waals surface area contributed by atoms with Crippen LogP contribution in [0.25, 0.3) is 0 Å². The zero-order valence-electron chi connectivity index (χ0n) is 14.5. The van der Waals surface area contributed by atoms with Gasteiger partial charge in [0.05, 0.1) is 4.92 Å². The maximum atomic E-state index is 12.1. The van der Waals surface area contributed by atoms with Gasteiger partial charge in [0.25, 0.3) is 5.91 Å². The zero-order chi connectivity index (χ0) is 20.1. The number of aromatic nitrogens is 2. The Morgan fingerprint density at radius 2 is 1.93 bits per heavy atom. The lowest BCUT2D eigenvalue weighted by molar-refractivity contribution is -0.385. The second-order valence-corrected chi connectivity index (χ2v) is 6.00. The molecule has 3 rings (SSSR count). The molecule has 0 atom stereocenters. The van der Waals surface area contributed by atoms with E-state index in [2.05, 4.69) is 20.8 Å². The average Bonchev–Trinajstić information content (AvgIpc) is 2.69. The molecule has 0 unspecified atom stereocenters. The van der Waals surface area contributed by atoms with Gasteiger partial charge < -0.3 is 4.74 Å². The molecule has 2 aromatic carbocycles. The smallest absolute Gasteiger partial charge is 0.374 e. The van der Waals surface area contributed by atoms with Crippen molar-refractivity contribution in [3.63, 3.8) is 0 Å². The highest BCUT2D eigenvalue weighted by molar-refractivity contribution is 6.31. The van der Waals surface area contributed by atoms with Crippen LogP contribution in [0.15, 0.2) is 54.9 Å². The molecule has 0 aliphatic heterocycles. The predicted molar refractivity (Wildman–Crippen MR) is 102 cm³/mol. The first-order valence-corrected chi connectivity index (χ1v) is 8.38. The van der Waals surface area contributed by atoms with Crippen LogP contribution >= 0.6 is 11.6 Å². The standard InChI is InChI=1S/C18H14ClN5O4/c1-11-9-13(7-8-14(11)19)28-18-15(24(26)27)16(20-10-21-18)22-23-17(25)12-5-3-2-4-6-12/h2-10H,1H3,(H,23,25)(H,20,21,22). The summed E-state index contributed by atoms with van der Waals surface area (Å²) in [5, 5.41) is 12.1. The monoisotopic (exact) mass is 399 g/mol. The van der Waals surface area contributed by atoms with Crippen LogP contribution in [0.4, 0.5) is 11.5 Å². The van der Waals surface area contributed by atoms with Gasteiger partial charge in [-0.1, -0.05) is 29.8 Å². The van der Waals surface area contributed by atoms with E-state index in [1.165, 1.54) is 0 Å². The van der Waals surface area contributed by atoms with Gasteiger partial charge in [0.15, 0.2) is 0 Å². The number of rotatable bonds is 6. The third kappa shape index (κ3) is 4.33. The lowest BCUT2D eigenvalue weighted by Gasteiger charge is -2.11. The van der Waals surface area contributed by atoms with Crippen molar-refractivity contribution in [1.29, 1.82) is 0 Å². The molecule has 0 saturated heterocycles. The summed E-state index contributed by atoms with van der Waals surface area (Å²) in [6, 6.07) is 13.2. The molecule has 0 saturated carbocycles. The Balaban J connectivity index is 1.84. The van der Waals surface area contributed by atoms with Crippen molar-refractivity contribution < 1.29 is 14.5 Å². The molecule has 0 aliphatic carbocycles. The number of benzene rings is 2.